The van der Waals surface area contributed by atoms with E-state index in [9.17, 15) is 0 Å². The van der Waals surface area contributed by atoms with Crippen molar-refractivity contribution < 1.29 is 4.74 Å². The molecule has 0 aromatic heterocycles. The van der Waals surface area contributed by atoms with Crippen LogP contribution >= 0.6 is 0 Å². The van der Waals surface area contributed by atoms with Gasteiger partial charge in [0, 0.05) is 6.04 Å². The first kappa shape index (κ1) is 8.32. The second-order valence-electron chi connectivity index (χ2n) is 3.34. The van der Waals surface area contributed by atoms with Gasteiger partial charge in [0.15, 0.2) is 0 Å². The van der Waals surface area contributed by atoms with Gasteiger partial charge in [0.2, 0.25) is 0 Å². The lowest BCUT2D eigenvalue weighted by Crippen LogP contribution is -2.20. The molecule has 1 aliphatic carbocycles. The van der Waals surface area contributed by atoms with E-state index in [2.05, 4.69) is 12.1 Å². The fraction of sp³-hybridized carbons (Fsp3) is 0.273. The maximum atomic E-state index is 5.79. The maximum Gasteiger partial charge on any atom is 0.119 e. The minimum Gasteiger partial charge on any atom is -0.497 e. The van der Waals surface area contributed by atoms with E-state index in [1.807, 2.05) is 19.1 Å². The van der Waals surface area contributed by atoms with Crippen molar-refractivity contribution in [2.45, 2.75) is 13.0 Å². The fourth-order valence-corrected chi connectivity index (χ4v) is 1.58. The van der Waals surface area contributed by atoms with Crippen LogP contribution in [-0.4, -0.2) is 13.2 Å². The first-order valence-electron chi connectivity index (χ1n) is 4.38. The van der Waals surface area contributed by atoms with Crippen LogP contribution in [-0.2, 0) is 0 Å². The van der Waals surface area contributed by atoms with E-state index >= 15 is 0 Å². The number of fused-ring (bicyclic) bond motifs is 1. The summed E-state index contributed by atoms with van der Waals surface area (Å²) in [5.74, 6) is 0.894. The second kappa shape index (κ2) is 2.89. The summed E-state index contributed by atoms with van der Waals surface area (Å²) in [6, 6.07) is 6.17. The van der Waals surface area contributed by atoms with Crippen molar-refractivity contribution in [2.75, 3.05) is 7.11 Å². The zero-order valence-corrected chi connectivity index (χ0v) is 7.87. The molecule has 1 aliphatic rings. The van der Waals surface area contributed by atoms with Crippen molar-refractivity contribution in [3.63, 3.8) is 0 Å². The molecule has 0 saturated heterocycles. The first-order chi connectivity index (χ1) is 6.22. The number of nitrogens with two attached hydrogens (primary N) is 1. The predicted molar refractivity (Wildman–Crippen MR) is 54.5 cm³/mol. The Morgan fingerprint density at radius 1 is 1.38 bits per heavy atom. The van der Waals surface area contributed by atoms with E-state index in [-0.39, 0.29) is 6.04 Å². The quantitative estimate of drug-likeness (QED) is 0.745. The van der Waals surface area contributed by atoms with Gasteiger partial charge in [0.25, 0.3) is 0 Å². The molecule has 0 spiro atoms. The van der Waals surface area contributed by atoms with Crippen LogP contribution in [0.3, 0.4) is 0 Å². The highest BCUT2D eigenvalue weighted by Gasteiger charge is 2.19. The van der Waals surface area contributed by atoms with Crippen LogP contribution in [0.2, 0.25) is 0 Å². The van der Waals surface area contributed by atoms with E-state index in [0.29, 0.717) is 0 Å². The summed E-state index contributed by atoms with van der Waals surface area (Å²) in [5.41, 5.74) is 9.50. The van der Waals surface area contributed by atoms with Crippen molar-refractivity contribution in [3.8, 4) is 5.75 Å². The largest absolute Gasteiger partial charge is 0.497 e. The van der Waals surface area contributed by atoms with Crippen molar-refractivity contribution in [1.29, 1.82) is 0 Å². The van der Waals surface area contributed by atoms with Crippen molar-refractivity contribution >= 4 is 11.6 Å². The molecule has 0 aliphatic heterocycles. The van der Waals surface area contributed by atoms with Gasteiger partial charge in [-0.05, 0) is 41.8 Å². The Bertz CT molecular complexity index is 366. The highest BCUT2D eigenvalue weighted by molar-refractivity contribution is 5.97. The Hall–Kier alpha value is -1.28. The van der Waals surface area contributed by atoms with E-state index < -0.39 is 0 Å². The lowest BCUT2D eigenvalue weighted by molar-refractivity contribution is 0.414. The molecule has 0 radical (unpaired) electrons. The number of hydrogen-bond donors (Lipinski definition) is 1. The summed E-state index contributed by atoms with van der Waals surface area (Å²) in [6.45, 7) is 1.99. The normalized spacial score (nSPS) is 15.5. The van der Waals surface area contributed by atoms with E-state index in [4.69, 9.17) is 10.5 Å². The van der Waals surface area contributed by atoms with Crippen molar-refractivity contribution in [2.24, 2.45) is 5.73 Å². The molecule has 2 N–H and O–H groups in total. The van der Waals surface area contributed by atoms with Crippen LogP contribution in [0.25, 0.3) is 11.6 Å². The lowest BCUT2D eigenvalue weighted by atomic mass is 9.85. The van der Waals surface area contributed by atoms with E-state index in [0.717, 1.165) is 5.75 Å². The van der Waals surface area contributed by atoms with Crippen molar-refractivity contribution in [1.82, 2.24) is 0 Å². The van der Waals surface area contributed by atoms with Crippen LogP contribution in [0, 0.1) is 0 Å². The summed E-state index contributed by atoms with van der Waals surface area (Å²) < 4.78 is 5.14. The Kier molecular flexibility index (Phi) is 1.85. The van der Waals surface area contributed by atoms with Crippen molar-refractivity contribution in [3.05, 3.63) is 29.3 Å². The third kappa shape index (κ3) is 1.23. The van der Waals surface area contributed by atoms with Crippen LogP contribution in [0.5, 0.6) is 5.75 Å². The van der Waals surface area contributed by atoms with Crippen LogP contribution in [0.1, 0.15) is 18.1 Å². The predicted octanol–water partition coefficient (Wildman–Crippen LogP) is 1.90. The molecule has 2 nitrogen and oxygen atoms in total. The highest BCUT2D eigenvalue weighted by Crippen LogP contribution is 2.36. The molecule has 1 aromatic rings. The topological polar surface area (TPSA) is 35.2 Å². The molecule has 13 heavy (non-hydrogen) atoms. The molecule has 0 saturated carbocycles. The van der Waals surface area contributed by atoms with Gasteiger partial charge in [-0.1, -0.05) is 6.07 Å². The lowest BCUT2D eigenvalue weighted by Gasteiger charge is -2.23. The highest BCUT2D eigenvalue weighted by atomic mass is 16.5. The SMILES string of the molecule is COc1ccc2c(c1)C(C(C)N)=C2. The average molecular weight is 175 g/mol. The van der Waals surface area contributed by atoms with Gasteiger partial charge in [0.05, 0.1) is 7.11 Å². The molecule has 0 heterocycles. The molecular weight excluding hydrogens is 162 g/mol. The van der Waals surface area contributed by atoms with Gasteiger partial charge in [-0.3, -0.25) is 0 Å². The summed E-state index contributed by atoms with van der Waals surface area (Å²) in [5, 5.41) is 0. The van der Waals surface area contributed by atoms with Crippen LogP contribution in [0.15, 0.2) is 18.2 Å². The molecule has 0 bridgehead atoms. The second-order valence-corrected chi connectivity index (χ2v) is 3.34. The molecule has 0 amide bonds. The number of methoxy groups -OCH3 is 1. The number of ether oxygens (including phenoxy) is 1. The first-order valence-corrected chi connectivity index (χ1v) is 4.38. The van der Waals surface area contributed by atoms with Gasteiger partial charge >= 0.3 is 0 Å². The molecule has 2 rings (SSSR count). The van der Waals surface area contributed by atoms with Gasteiger partial charge in [-0.2, -0.15) is 0 Å². The Morgan fingerprint density at radius 3 is 2.77 bits per heavy atom. The maximum absolute atomic E-state index is 5.79. The molecule has 0 fully saturated rings. The zero-order chi connectivity index (χ0) is 9.42. The van der Waals surface area contributed by atoms with Gasteiger partial charge in [-0.25, -0.2) is 0 Å². The minimum absolute atomic E-state index is 0.111. The summed E-state index contributed by atoms with van der Waals surface area (Å²) in [4.78, 5) is 0. The third-order valence-corrected chi connectivity index (χ3v) is 2.37. The Labute approximate surface area is 78.0 Å². The third-order valence-electron chi connectivity index (χ3n) is 2.37. The number of rotatable bonds is 2. The summed E-state index contributed by atoms with van der Waals surface area (Å²) in [6.07, 6.45) is 2.12. The monoisotopic (exact) mass is 175 g/mol. The molecule has 1 unspecified atom stereocenters. The van der Waals surface area contributed by atoms with E-state index in [1.165, 1.54) is 16.7 Å². The smallest absolute Gasteiger partial charge is 0.119 e. The fourth-order valence-electron chi connectivity index (χ4n) is 1.58. The minimum atomic E-state index is 0.111. The standard InChI is InChI=1S/C11H13NO/c1-7(12)10-5-8-3-4-9(13-2)6-11(8)10/h3-7H,12H2,1-2H3. The zero-order valence-electron chi connectivity index (χ0n) is 7.87. The molecular formula is C11H13NO. The number of benzene rings is 1. The Balaban J connectivity index is 2.35. The number of hydrogen-bond acceptors (Lipinski definition) is 2. The van der Waals surface area contributed by atoms with Crippen LogP contribution < -0.4 is 10.5 Å². The summed E-state index contributed by atoms with van der Waals surface area (Å²) >= 11 is 0. The van der Waals surface area contributed by atoms with Gasteiger partial charge < -0.3 is 10.5 Å². The molecule has 1 atom stereocenters. The molecule has 68 valence electrons. The van der Waals surface area contributed by atoms with Gasteiger partial charge in [-0.15, -0.1) is 0 Å². The average Bonchev–Trinajstić information content (AvgIpc) is 2.06. The van der Waals surface area contributed by atoms with Crippen LogP contribution in [0.4, 0.5) is 0 Å². The van der Waals surface area contributed by atoms with Gasteiger partial charge in [0.1, 0.15) is 5.75 Å². The molecule has 2 heteroatoms. The molecule has 1 aromatic carbocycles. The Morgan fingerprint density at radius 2 is 2.15 bits per heavy atom. The summed E-state index contributed by atoms with van der Waals surface area (Å²) in [7, 11) is 1.68. The van der Waals surface area contributed by atoms with E-state index in [1.54, 1.807) is 7.11 Å².